The summed E-state index contributed by atoms with van der Waals surface area (Å²) in [6.45, 7) is 2.13. The Balaban J connectivity index is 1.72. The Labute approximate surface area is 122 Å². The van der Waals surface area contributed by atoms with Crippen molar-refractivity contribution in [1.29, 1.82) is 0 Å². The number of halogens is 1. The lowest BCUT2D eigenvalue weighted by atomic mass is 9.96. The highest BCUT2D eigenvalue weighted by molar-refractivity contribution is 5.93. The summed E-state index contributed by atoms with van der Waals surface area (Å²) in [5, 5.41) is 2.85. The third-order valence-electron chi connectivity index (χ3n) is 3.70. The lowest BCUT2D eigenvalue weighted by molar-refractivity contribution is -0.121. The third kappa shape index (κ3) is 2.89. The average molecular weight is 285 g/mol. The molecule has 2 aromatic rings. The first-order chi connectivity index (χ1) is 10.1. The molecular weight excluding hydrogens is 269 g/mol. The number of para-hydroxylation sites is 1. The van der Waals surface area contributed by atoms with Crippen LogP contribution in [0.2, 0.25) is 0 Å². The van der Waals surface area contributed by atoms with E-state index in [0.29, 0.717) is 24.3 Å². The normalized spacial score (nSPS) is 16.8. The first-order valence-corrected chi connectivity index (χ1v) is 6.91. The number of carbonyl (C=O) groups is 1. The molecule has 3 rings (SSSR count). The van der Waals surface area contributed by atoms with Crippen LogP contribution in [0.5, 0.6) is 5.75 Å². The van der Waals surface area contributed by atoms with Crippen LogP contribution in [0.15, 0.2) is 42.5 Å². The van der Waals surface area contributed by atoms with Crippen LogP contribution >= 0.6 is 0 Å². The Bertz CT molecular complexity index is 684. The monoisotopic (exact) mass is 285 g/mol. The summed E-state index contributed by atoms with van der Waals surface area (Å²) in [6, 6.07) is 12.1. The van der Waals surface area contributed by atoms with Gasteiger partial charge in [-0.25, -0.2) is 4.39 Å². The number of ether oxygens (including phenoxy) is 1. The van der Waals surface area contributed by atoms with Crippen molar-refractivity contribution in [2.75, 3.05) is 11.9 Å². The molecule has 3 nitrogen and oxygen atoms in total. The van der Waals surface area contributed by atoms with E-state index in [0.717, 1.165) is 11.3 Å². The molecule has 1 aliphatic heterocycles. The van der Waals surface area contributed by atoms with Crippen LogP contribution in [-0.2, 0) is 11.2 Å². The molecule has 0 saturated heterocycles. The summed E-state index contributed by atoms with van der Waals surface area (Å²) in [5.74, 6) is 0.212. The molecule has 0 bridgehead atoms. The van der Waals surface area contributed by atoms with E-state index in [4.69, 9.17) is 4.74 Å². The number of hydrogen-bond acceptors (Lipinski definition) is 2. The average Bonchev–Trinajstić information content (AvgIpc) is 2.49. The van der Waals surface area contributed by atoms with E-state index in [2.05, 4.69) is 5.32 Å². The van der Waals surface area contributed by atoms with Gasteiger partial charge in [-0.1, -0.05) is 18.2 Å². The molecule has 4 heteroatoms. The van der Waals surface area contributed by atoms with E-state index in [1.54, 1.807) is 13.0 Å². The minimum Gasteiger partial charge on any atom is -0.492 e. The molecule has 2 aromatic carbocycles. The zero-order valence-corrected chi connectivity index (χ0v) is 11.7. The highest BCUT2D eigenvalue weighted by atomic mass is 19.1. The largest absolute Gasteiger partial charge is 0.492 e. The Morgan fingerprint density at radius 2 is 2.10 bits per heavy atom. The number of fused-ring (bicyclic) bond motifs is 1. The van der Waals surface area contributed by atoms with Gasteiger partial charge in [0.15, 0.2) is 0 Å². The van der Waals surface area contributed by atoms with E-state index in [1.807, 2.05) is 24.3 Å². The first kappa shape index (κ1) is 13.6. The zero-order chi connectivity index (χ0) is 14.8. The number of nitrogens with one attached hydrogen (secondary N) is 1. The van der Waals surface area contributed by atoms with Gasteiger partial charge in [-0.05, 0) is 48.7 Å². The molecule has 1 N–H and O–H groups in total. The first-order valence-electron chi connectivity index (χ1n) is 6.91. The van der Waals surface area contributed by atoms with Gasteiger partial charge in [0, 0.05) is 5.69 Å². The van der Waals surface area contributed by atoms with Crippen molar-refractivity contribution in [3.63, 3.8) is 0 Å². The van der Waals surface area contributed by atoms with E-state index < -0.39 is 0 Å². The Morgan fingerprint density at radius 3 is 2.90 bits per heavy atom. The molecular formula is C17H16FNO2. The number of aryl methyl sites for hydroxylation is 1. The highest BCUT2D eigenvalue weighted by Crippen LogP contribution is 2.27. The van der Waals surface area contributed by atoms with Crippen molar-refractivity contribution in [3.8, 4) is 5.75 Å². The van der Waals surface area contributed by atoms with E-state index >= 15 is 0 Å². The predicted octanol–water partition coefficient (Wildman–Crippen LogP) is 3.32. The van der Waals surface area contributed by atoms with Crippen LogP contribution in [0.4, 0.5) is 10.1 Å². The minimum atomic E-state index is -0.305. The fourth-order valence-electron chi connectivity index (χ4n) is 2.50. The van der Waals surface area contributed by atoms with Crippen molar-refractivity contribution in [3.05, 3.63) is 59.4 Å². The smallest absolute Gasteiger partial charge is 0.231 e. The summed E-state index contributed by atoms with van der Waals surface area (Å²) in [6.07, 6.45) is 0.655. The highest BCUT2D eigenvalue weighted by Gasteiger charge is 2.26. The Kier molecular flexibility index (Phi) is 3.60. The van der Waals surface area contributed by atoms with Crippen LogP contribution in [0.1, 0.15) is 11.1 Å². The molecule has 1 atom stereocenters. The SMILES string of the molecule is Cc1cc(F)ccc1NC(=O)[C@H]1COc2ccccc2C1. The van der Waals surface area contributed by atoms with Crippen LogP contribution in [0.3, 0.4) is 0 Å². The van der Waals surface area contributed by atoms with Gasteiger partial charge in [0.2, 0.25) is 5.91 Å². The number of amides is 1. The predicted molar refractivity (Wildman–Crippen MR) is 78.9 cm³/mol. The van der Waals surface area contributed by atoms with E-state index in [1.165, 1.54) is 12.1 Å². The second-order valence-electron chi connectivity index (χ2n) is 5.27. The van der Waals surface area contributed by atoms with Crippen molar-refractivity contribution in [2.24, 2.45) is 5.92 Å². The van der Waals surface area contributed by atoms with Gasteiger partial charge in [0.1, 0.15) is 18.2 Å². The standard InChI is InChI=1S/C17H16FNO2/c1-11-8-14(18)6-7-15(11)19-17(20)13-9-12-4-2-3-5-16(12)21-10-13/h2-8,13H,9-10H2,1H3,(H,19,20)/t13-/m1/s1. The van der Waals surface area contributed by atoms with Crippen LogP contribution < -0.4 is 10.1 Å². The molecule has 21 heavy (non-hydrogen) atoms. The number of hydrogen-bond donors (Lipinski definition) is 1. The van der Waals surface area contributed by atoms with E-state index in [-0.39, 0.29) is 17.6 Å². The quantitative estimate of drug-likeness (QED) is 0.919. The lowest BCUT2D eigenvalue weighted by Crippen LogP contribution is -2.32. The molecule has 0 aromatic heterocycles. The van der Waals surface area contributed by atoms with Crippen molar-refractivity contribution in [1.82, 2.24) is 0 Å². The van der Waals surface area contributed by atoms with Gasteiger partial charge in [0.25, 0.3) is 0 Å². The van der Waals surface area contributed by atoms with E-state index in [9.17, 15) is 9.18 Å². The van der Waals surface area contributed by atoms with Crippen molar-refractivity contribution >= 4 is 11.6 Å². The summed E-state index contributed by atoms with van der Waals surface area (Å²) < 4.78 is 18.7. The maximum Gasteiger partial charge on any atom is 0.231 e. The van der Waals surface area contributed by atoms with Gasteiger partial charge < -0.3 is 10.1 Å². The number of rotatable bonds is 2. The summed E-state index contributed by atoms with van der Waals surface area (Å²) in [7, 11) is 0. The molecule has 0 aliphatic carbocycles. The fourth-order valence-corrected chi connectivity index (χ4v) is 2.50. The Morgan fingerprint density at radius 1 is 1.29 bits per heavy atom. The number of anilines is 1. The molecule has 0 fully saturated rings. The minimum absolute atomic E-state index is 0.0980. The lowest BCUT2D eigenvalue weighted by Gasteiger charge is -2.24. The Hall–Kier alpha value is -2.36. The molecule has 0 unspecified atom stereocenters. The van der Waals surface area contributed by atoms with Crippen molar-refractivity contribution < 1.29 is 13.9 Å². The maximum absolute atomic E-state index is 13.1. The summed E-state index contributed by atoms with van der Waals surface area (Å²) in [4.78, 5) is 12.3. The molecule has 0 radical (unpaired) electrons. The molecule has 108 valence electrons. The van der Waals surface area contributed by atoms with Gasteiger partial charge >= 0.3 is 0 Å². The molecule has 0 spiro atoms. The molecule has 1 aliphatic rings. The molecule has 0 saturated carbocycles. The maximum atomic E-state index is 13.1. The van der Waals surface area contributed by atoms with Crippen molar-refractivity contribution in [2.45, 2.75) is 13.3 Å². The summed E-state index contributed by atoms with van der Waals surface area (Å²) >= 11 is 0. The van der Waals surface area contributed by atoms with Gasteiger partial charge in [-0.15, -0.1) is 0 Å². The number of benzene rings is 2. The van der Waals surface area contributed by atoms with Crippen LogP contribution in [-0.4, -0.2) is 12.5 Å². The van der Waals surface area contributed by atoms with Crippen LogP contribution in [0.25, 0.3) is 0 Å². The van der Waals surface area contributed by atoms with Gasteiger partial charge in [-0.2, -0.15) is 0 Å². The van der Waals surface area contributed by atoms with Crippen LogP contribution in [0, 0.1) is 18.7 Å². The number of carbonyl (C=O) groups excluding carboxylic acids is 1. The molecule has 1 amide bonds. The summed E-state index contributed by atoms with van der Waals surface area (Å²) in [5.41, 5.74) is 2.39. The second kappa shape index (κ2) is 5.56. The third-order valence-corrected chi connectivity index (χ3v) is 3.70. The fraction of sp³-hybridized carbons (Fsp3) is 0.235. The zero-order valence-electron chi connectivity index (χ0n) is 11.7. The van der Waals surface area contributed by atoms with Gasteiger partial charge in [0.05, 0.1) is 5.92 Å². The van der Waals surface area contributed by atoms with Gasteiger partial charge in [-0.3, -0.25) is 4.79 Å². The molecule has 1 heterocycles. The topological polar surface area (TPSA) is 38.3 Å². The second-order valence-corrected chi connectivity index (χ2v) is 5.27.